The zero-order valence-corrected chi connectivity index (χ0v) is 13.0. The average molecular weight is 319 g/mol. The monoisotopic (exact) mass is 319 g/mol. The third-order valence-electron chi connectivity index (χ3n) is 2.87. The van der Waals surface area contributed by atoms with Crippen molar-refractivity contribution >= 4 is 23.6 Å². The van der Waals surface area contributed by atoms with Crippen LogP contribution in [0.1, 0.15) is 16.1 Å². The molecule has 2 N–H and O–H groups in total. The van der Waals surface area contributed by atoms with E-state index < -0.39 is 5.97 Å². The maximum absolute atomic E-state index is 11.9. The van der Waals surface area contributed by atoms with Crippen LogP contribution in [0, 0.1) is 6.92 Å². The molecule has 0 unspecified atom stereocenters. The molecular formula is C15H17N3O3S. The molecule has 0 spiro atoms. The van der Waals surface area contributed by atoms with E-state index in [2.05, 4.69) is 10.4 Å². The third-order valence-corrected chi connectivity index (χ3v) is 3.82. The van der Waals surface area contributed by atoms with Crippen LogP contribution >= 0.6 is 11.8 Å². The van der Waals surface area contributed by atoms with Gasteiger partial charge < -0.3 is 10.4 Å². The molecule has 22 heavy (non-hydrogen) atoms. The van der Waals surface area contributed by atoms with Crippen molar-refractivity contribution in [3.8, 4) is 5.69 Å². The Balaban J connectivity index is 1.84. The van der Waals surface area contributed by atoms with Crippen molar-refractivity contribution in [2.45, 2.75) is 6.92 Å². The van der Waals surface area contributed by atoms with Gasteiger partial charge in [-0.1, -0.05) is 0 Å². The summed E-state index contributed by atoms with van der Waals surface area (Å²) in [5.74, 6) is -0.392. The van der Waals surface area contributed by atoms with E-state index in [4.69, 9.17) is 5.11 Å². The summed E-state index contributed by atoms with van der Waals surface area (Å²) < 4.78 is 1.75. The minimum absolute atomic E-state index is 0.0495. The first-order valence-electron chi connectivity index (χ1n) is 6.77. The standard InChI is InChI=1S/C15H17N3O3S/c1-11-6-8-18(17-11)13-4-2-12(3-5-13)15(21)16-7-9-22-10-14(19)20/h2-6,8H,7,9-10H2,1H3,(H,16,21)(H,19,20). The Bertz CT molecular complexity index is 652. The van der Waals surface area contributed by atoms with Gasteiger partial charge in [0.05, 0.1) is 17.1 Å². The Morgan fingerprint density at radius 2 is 2.00 bits per heavy atom. The zero-order valence-electron chi connectivity index (χ0n) is 12.2. The molecule has 0 aliphatic carbocycles. The van der Waals surface area contributed by atoms with Crippen LogP contribution in [0.5, 0.6) is 0 Å². The summed E-state index contributed by atoms with van der Waals surface area (Å²) in [6, 6.07) is 9.06. The van der Waals surface area contributed by atoms with Gasteiger partial charge in [0.1, 0.15) is 0 Å². The van der Waals surface area contributed by atoms with Crippen LogP contribution in [0.2, 0.25) is 0 Å². The first kappa shape index (κ1) is 16.1. The summed E-state index contributed by atoms with van der Waals surface area (Å²) in [6.07, 6.45) is 1.87. The van der Waals surface area contributed by atoms with E-state index in [9.17, 15) is 9.59 Å². The number of carbonyl (C=O) groups is 2. The van der Waals surface area contributed by atoms with E-state index in [-0.39, 0.29) is 11.7 Å². The number of nitrogens with zero attached hydrogens (tertiary/aromatic N) is 2. The summed E-state index contributed by atoms with van der Waals surface area (Å²) in [5.41, 5.74) is 2.39. The Labute approximate surface area is 132 Å². The lowest BCUT2D eigenvalue weighted by Crippen LogP contribution is -2.26. The van der Waals surface area contributed by atoms with Crippen molar-refractivity contribution in [3.05, 3.63) is 47.8 Å². The van der Waals surface area contributed by atoms with E-state index in [1.807, 2.05) is 31.3 Å². The van der Waals surface area contributed by atoms with E-state index in [1.54, 1.807) is 16.8 Å². The fourth-order valence-corrected chi connectivity index (χ4v) is 2.39. The van der Waals surface area contributed by atoms with Gasteiger partial charge in [0.15, 0.2) is 0 Å². The van der Waals surface area contributed by atoms with E-state index >= 15 is 0 Å². The molecule has 116 valence electrons. The lowest BCUT2D eigenvalue weighted by atomic mass is 10.2. The number of hydrogen-bond donors (Lipinski definition) is 2. The molecule has 2 rings (SSSR count). The number of carbonyl (C=O) groups excluding carboxylic acids is 1. The molecule has 2 aromatic rings. The molecule has 0 saturated carbocycles. The minimum Gasteiger partial charge on any atom is -0.481 e. The fraction of sp³-hybridized carbons (Fsp3) is 0.267. The molecule has 6 nitrogen and oxygen atoms in total. The number of hydrogen-bond acceptors (Lipinski definition) is 4. The second-order valence-corrected chi connectivity index (χ2v) is 5.76. The first-order valence-corrected chi connectivity index (χ1v) is 7.92. The minimum atomic E-state index is -0.847. The van der Waals surface area contributed by atoms with Crippen LogP contribution in [0.4, 0.5) is 0 Å². The Morgan fingerprint density at radius 1 is 1.27 bits per heavy atom. The smallest absolute Gasteiger partial charge is 0.313 e. The van der Waals surface area contributed by atoms with E-state index in [1.165, 1.54) is 11.8 Å². The van der Waals surface area contributed by atoms with Crippen molar-refractivity contribution in [2.24, 2.45) is 0 Å². The van der Waals surface area contributed by atoms with Gasteiger partial charge in [-0.05, 0) is 37.3 Å². The molecule has 0 atom stereocenters. The molecule has 0 bridgehead atoms. The summed E-state index contributed by atoms with van der Waals surface area (Å²) in [6.45, 7) is 2.36. The Kier molecular flexibility index (Phi) is 5.60. The SMILES string of the molecule is Cc1ccn(-c2ccc(C(=O)NCCSCC(=O)O)cc2)n1. The van der Waals surface area contributed by atoms with Crippen molar-refractivity contribution < 1.29 is 14.7 Å². The number of amides is 1. The van der Waals surface area contributed by atoms with Crippen LogP contribution < -0.4 is 5.32 Å². The molecule has 0 saturated heterocycles. The molecule has 0 aliphatic heterocycles. The summed E-state index contributed by atoms with van der Waals surface area (Å²) in [7, 11) is 0. The van der Waals surface area contributed by atoms with Gasteiger partial charge in [0.25, 0.3) is 5.91 Å². The molecule has 0 radical (unpaired) electrons. The second kappa shape index (κ2) is 7.65. The van der Waals surface area contributed by atoms with Gasteiger partial charge in [0, 0.05) is 24.1 Å². The number of carboxylic acid groups (broad SMARTS) is 1. The topological polar surface area (TPSA) is 84.2 Å². The number of aliphatic carboxylic acids is 1. The van der Waals surface area contributed by atoms with Crippen molar-refractivity contribution in [1.29, 1.82) is 0 Å². The molecule has 1 aromatic carbocycles. The highest BCUT2D eigenvalue weighted by Gasteiger charge is 2.06. The number of aromatic nitrogens is 2. The maximum atomic E-state index is 11.9. The van der Waals surface area contributed by atoms with Gasteiger partial charge in [-0.25, -0.2) is 4.68 Å². The van der Waals surface area contributed by atoms with Crippen molar-refractivity contribution in [2.75, 3.05) is 18.1 Å². The van der Waals surface area contributed by atoms with Gasteiger partial charge in [-0.15, -0.1) is 11.8 Å². The normalized spacial score (nSPS) is 10.4. The van der Waals surface area contributed by atoms with Crippen LogP contribution in [0.3, 0.4) is 0 Å². The van der Waals surface area contributed by atoms with E-state index in [0.717, 1.165) is 11.4 Å². The fourth-order valence-electron chi connectivity index (χ4n) is 1.82. The number of benzene rings is 1. The highest BCUT2D eigenvalue weighted by Crippen LogP contribution is 2.09. The largest absolute Gasteiger partial charge is 0.481 e. The van der Waals surface area contributed by atoms with Crippen LogP contribution in [-0.2, 0) is 4.79 Å². The molecule has 1 aromatic heterocycles. The lowest BCUT2D eigenvalue weighted by Gasteiger charge is -2.06. The second-order valence-electron chi connectivity index (χ2n) is 4.65. The van der Waals surface area contributed by atoms with Gasteiger partial charge >= 0.3 is 5.97 Å². The van der Waals surface area contributed by atoms with Crippen LogP contribution in [0.25, 0.3) is 5.69 Å². The first-order chi connectivity index (χ1) is 10.6. The van der Waals surface area contributed by atoms with Gasteiger partial charge in [-0.2, -0.15) is 5.10 Å². The van der Waals surface area contributed by atoms with Crippen LogP contribution in [-0.4, -0.2) is 44.8 Å². The summed E-state index contributed by atoms with van der Waals surface area (Å²) in [5, 5.41) is 15.6. The molecule has 7 heteroatoms. The van der Waals surface area contributed by atoms with Gasteiger partial charge in [0.2, 0.25) is 0 Å². The quantitative estimate of drug-likeness (QED) is 0.759. The number of rotatable bonds is 7. The number of nitrogens with one attached hydrogen (secondary N) is 1. The number of thioether (sulfide) groups is 1. The summed E-state index contributed by atoms with van der Waals surface area (Å²) in [4.78, 5) is 22.3. The average Bonchev–Trinajstić information content (AvgIpc) is 2.93. The molecular weight excluding hydrogens is 302 g/mol. The summed E-state index contributed by atoms with van der Waals surface area (Å²) >= 11 is 1.27. The Morgan fingerprint density at radius 3 is 2.59 bits per heavy atom. The zero-order chi connectivity index (χ0) is 15.9. The lowest BCUT2D eigenvalue weighted by molar-refractivity contribution is -0.133. The third kappa shape index (κ3) is 4.63. The van der Waals surface area contributed by atoms with Crippen molar-refractivity contribution in [1.82, 2.24) is 15.1 Å². The van der Waals surface area contributed by atoms with E-state index in [0.29, 0.717) is 17.9 Å². The highest BCUT2D eigenvalue weighted by molar-refractivity contribution is 7.99. The number of carboxylic acids is 1. The predicted octanol–water partition coefficient (Wildman–Crippen LogP) is 1.73. The van der Waals surface area contributed by atoms with Crippen molar-refractivity contribution in [3.63, 3.8) is 0 Å². The molecule has 1 heterocycles. The van der Waals surface area contributed by atoms with Gasteiger partial charge in [-0.3, -0.25) is 9.59 Å². The predicted molar refractivity (Wildman–Crippen MR) is 85.6 cm³/mol. The highest BCUT2D eigenvalue weighted by atomic mass is 32.2. The Hall–Kier alpha value is -2.28. The maximum Gasteiger partial charge on any atom is 0.313 e. The van der Waals surface area contributed by atoms with Crippen LogP contribution in [0.15, 0.2) is 36.5 Å². The number of aryl methyl sites for hydroxylation is 1. The molecule has 0 fully saturated rings. The molecule has 1 amide bonds. The molecule has 0 aliphatic rings.